The molecule has 0 radical (unpaired) electrons. The number of aliphatic hydroxyl groups is 1. The van der Waals surface area contributed by atoms with Crippen molar-refractivity contribution in [2.24, 2.45) is 0 Å². The van der Waals surface area contributed by atoms with Crippen LogP contribution in [0.2, 0.25) is 0 Å². The number of benzene rings is 2. The molecular weight excluding hydrogens is 366 g/mol. The van der Waals surface area contributed by atoms with Crippen molar-refractivity contribution in [1.82, 2.24) is 9.88 Å². The minimum Gasteiger partial charge on any atom is -0.491 e. The Labute approximate surface area is 160 Å². The lowest BCUT2D eigenvalue weighted by atomic mass is 10.0. The topological polar surface area (TPSA) is 88.7 Å². The first-order valence-corrected chi connectivity index (χ1v) is 9.53. The molecule has 2 aromatic carbocycles. The molecule has 1 aliphatic heterocycles. The molecule has 140 valence electrons. The maximum absolute atomic E-state index is 10.8. The summed E-state index contributed by atoms with van der Waals surface area (Å²) in [7, 11) is 0. The Morgan fingerprint density at radius 2 is 2.11 bits per heavy atom. The van der Waals surface area contributed by atoms with Crippen LogP contribution in [-0.2, 0) is 0 Å². The van der Waals surface area contributed by atoms with E-state index >= 15 is 0 Å². The summed E-state index contributed by atoms with van der Waals surface area (Å²) in [6.07, 6.45) is -0.652. The lowest BCUT2D eigenvalue weighted by Crippen LogP contribution is -2.49. The molecule has 4 rings (SSSR count). The van der Waals surface area contributed by atoms with Gasteiger partial charge >= 0.3 is 0 Å². The highest BCUT2D eigenvalue weighted by Gasteiger charge is 2.31. The fourth-order valence-electron chi connectivity index (χ4n) is 3.17. The van der Waals surface area contributed by atoms with E-state index in [0.717, 1.165) is 23.6 Å². The van der Waals surface area contributed by atoms with Gasteiger partial charge in [0.15, 0.2) is 0 Å². The average Bonchev–Trinajstić information content (AvgIpc) is 3.06. The molecule has 1 N–H and O–H groups in total. The fraction of sp³-hybridized carbons (Fsp3) is 0.316. The predicted octanol–water partition coefficient (Wildman–Crippen LogP) is 3.04. The number of hydrogen-bond donors (Lipinski definition) is 1. The molecular formula is C19H19N3O4S. The molecule has 2 heterocycles. The number of rotatable bonds is 7. The van der Waals surface area contributed by atoms with Crippen LogP contribution in [0, 0.1) is 10.1 Å². The van der Waals surface area contributed by atoms with Crippen molar-refractivity contribution in [3.05, 3.63) is 63.7 Å². The minimum absolute atomic E-state index is 0.0246. The number of fused-ring (bicyclic) bond motifs is 1. The molecule has 0 saturated carbocycles. The number of aliphatic hydroxyl groups excluding tert-OH is 1. The first-order valence-electron chi connectivity index (χ1n) is 8.71. The largest absolute Gasteiger partial charge is 0.491 e. The van der Waals surface area contributed by atoms with Crippen LogP contribution in [0.3, 0.4) is 0 Å². The van der Waals surface area contributed by atoms with Crippen molar-refractivity contribution >= 4 is 27.2 Å². The first kappa shape index (κ1) is 17.8. The summed E-state index contributed by atoms with van der Waals surface area (Å²) in [5, 5.41) is 22.1. The average molecular weight is 385 g/mol. The van der Waals surface area contributed by atoms with Gasteiger partial charge in [0.2, 0.25) is 0 Å². The van der Waals surface area contributed by atoms with E-state index in [9.17, 15) is 15.2 Å². The molecule has 3 aromatic rings. The second-order valence-electron chi connectivity index (χ2n) is 6.65. The van der Waals surface area contributed by atoms with Crippen molar-refractivity contribution < 1.29 is 14.8 Å². The summed E-state index contributed by atoms with van der Waals surface area (Å²) in [5.74, 6) is 0.798. The summed E-state index contributed by atoms with van der Waals surface area (Å²) >= 11 is 1.73. The van der Waals surface area contributed by atoms with Crippen molar-refractivity contribution in [1.29, 1.82) is 0 Å². The summed E-state index contributed by atoms with van der Waals surface area (Å²) < 4.78 is 6.69. The van der Waals surface area contributed by atoms with Gasteiger partial charge in [0.25, 0.3) is 5.69 Å². The standard InChI is InChI=1S/C19H19N3O4S/c23-15(12-26-16-5-3-4-14(8-16)22(24)25)11-21-9-13(10-21)19-20-17-6-1-2-7-18(17)27-19/h1-8,13,15,23H,9-12H2/t15-/m0/s1. The molecule has 0 bridgehead atoms. The van der Waals surface area contributed by atoms with E-state index in [2.05, 4.69) is 11.0 Å². The number of thiazole rings is 1. The highest BCUT2D eigenvalue weighted by molar-refractivity contribution is 7.18. The lowest BCUT2D eigenvalue weighted by Gasteiger charge is -2.39. The lowest BCUT2D eigenvalue weighted by molar-refractivity contribution is -0.384. The van der Waals surface area contributed by atoms with Gasteiger partial charge in [-0.1, -0.05) is 18.2 Å². The van der Waals surface area contributed by atoms with E-state index in [1.54, 1.807) is 23.5 Å². The molecule has 7 nitrogen and oxygen atoms in total. The number of hydrogen-bond acceptors (Lipinski definition) is 7. The second-order valence-corrected chi connectivity index (χ2v) is 7.72. The third-order valence-electron chi connectivity index (χ3n) is 4.56. The van der Waals surface area contributed by atoms with Gasteiger partial charge in [0, 0.05) is 31.6 Å². The van der Waals surface area contributed by atoms with Crippen LogP contribution in [-0.4, -0.2) is 52.3 Å². The molecule has 1 aromatic heterocycles. The SMILES string of the molecule is O=[N+]([O-])c1cccc(OC[C@@H](O)CN2CC(c3nc4ccccc4s3)C2)c1. The van der Waals surface area contributed by atoms with Gasteiger partial charge < -0.3 is 9.84 Å². The number of likely N-dealkylation sites (tertiary alicyclic amines) is 1. The zero-order valence-electron chi connectivity index (χ0n) is 14.5. The maximum atomic E-state index is 10.8. The zero-order chi connectivity index (χ0) is 18.8. The third-order valence-corrected chi connectivity index (χ3v) is 5.76. The van der Waals surface area contributed by atoms with Crippen LogP contribution in [0.15, 0.2) is 48.5 Å². The Balaban J connectivity index is 1.25. The third kappa shape index (κ3) is 4.08. The Kier molecular flexibility index (Phi) is 5.02. The van der Waals surface area contributed by atoms with Crippen molar-refractivity contribution in [3.8, 4) is 5.75 Å². The molecule has 27 heavy (non-hydrogen) atoms. The molecule has 0 spiro atoms. The van der Waals surface area contributed by atoms with Crippen LogP contribution in [0.25, 0.3) is 10.2 Å². The molecule has 1 fully saturated rings. The minimum atomic E-state index is -0.652. The van der Waals surface area contributed by atoms with E-state index in [-0.39, 0.29) is 12.3 Å². The van der Waals surface area contributed by atoms with Gasteiger partial charge in [0.05, 0.1) is 26.2 Å². The Hall–Kier alpha value is -2.55. The van der Waals surface area contributed by atoms with E-state index < -0.39 is 11.0 Å². The molecule has 8 heteroatoms. The van der Waals surface area contributed by atoms with Crippen LogP contribution >= 0.6 is 11.3 Å². The summed E-state index contributed by atoms with van der Waals surface area (Å²) in [6, 6.07) is 14.1. The summed E-state index contributed by atoms with van der Waals surface area (Å²) in [5.41, 5.74) is 1.02. The van der Waals surface area contributed by atoms with Gasteiger partial charge in [-0.2, -0.15) is 0 Å². The van der Waals surface area contributed by atoms with Gasteiger partial charge in [-0.05, 0) is 18.2 Å². The summed E-state index contributed by atoms with van der Waals surface area (Å²) in [6.45, 7) is 2.35. The van der Waals surface area contributed by atoms with E-state index in [4.69, 9.17) is 9.72 Å². The van der Waals surface area contributed by atoms with E-state index in [1.807, 2.05) is 18.2 Å². The smallest absolute Gasteiger partial charge is 0.273 e. The summed E-state index contributed by atoms with van der Waals surface area (Å²) in [4.78, 5) is 17.2. The fourth-order valence-corrected chi connectivity index (χ4v) is 4.22. The number of aromatic nitrogens is 1. The van der Waals surface area contributed by atoms with Crippen LogP contribution < -0.4 is 4.74 Å². The van der Waals surface area contributed by atoms with Crippen LogP contribution in [0.4, 0.5) is 5.69 Å². The van der Waals surface area contributed by atoms with Crippen molar-refractivity contribution in [3.63, 3.8) is 0 Å². The molecule has 1 saturated heterocycles. The number of nitro benzene ring substituents is 1. The van der Waals surface area contributed by atoms with E-state index in [1.165, 1.54) is 16.8 Å². The molecule has 1 atom stereocenters. The van der Waals surface area contributed by atoms with Crippen molar-refractivity contribution in [2.45, 2.75) is 12.0 Å². The number of β-amino-alcohol motifs (C(OH)–C–C–N with tert-alkyl or cyclic N) is 1. The van der Waals surface area contributed by atoms with Crippen molar-refractivity contribution in [2.75, 3.05) is 26.2 Å². The number of ether oxygens (including phenoxy) is 1. The second kappa shape index (κ2) is 7.59. The first-order chi connectivity index (χ1) is 13.1. The van der Waals surface area contributed by atoms with Gasteiger partial charge in [0.1, 0.15) is 18.5 Å². The number of para-hydroxylation sites is 1. The highest BCUT2D eigenvalue weighted by atomic mass is 32.1. The Bertz CT molecular complexity index is 922. The Morgan fingerprint density at radius 3 is 2.89 bits per heavy atom. The monoisotopic (exact) mass is 385 g/mol. The van der Waals surface area contributed by atoms with Gasteiger partial charge in [-0.25, -0.2) is 4.98 Å². The highest BCUT2D eigenvalue weighted by Crippen LogP contribution is 2.33. The van der Waals surface area contributed by atoms with Crippen LogP contribution in [0.1, 0.15) is 10.9 Å². The van der Waals surface area contributed by atoms with E-state index in [0.29, 0.717) is 18.2 Å². The number of nitrogens with zero attached hydrogens (tertiary/aromatic N) is 3. The quantitative estimate of drug-likeness (QED) is 0.497. The maximum Gasteiger partial charge on any atom is 0.273 e. The normalized spacial score (nSPS) is 16.2. The number of nitro groups is 1. The molecule has 1 aliphatic rings. The molecule has 0 aliphatic carbocycles. The van der Waals surface area contributed by atoms with Crippen LogP contribution in [0.5, 0.6) is 5.75 Å². The number of non-ortho nitro benzene ring substituents is 1. The van der Waals surface area contributed by atoms with Gasteiger partial charge in [-0.15, -0.1) is 11.3 Å². The molecule has 0 unspecified atom stereocenters. The van der Waals surface area contributed by atoms with Gasteiger partial charge in [-0.3, -0.25) is 15.0 Å². The zero-order valence-corrected chi connectivity index (χ0v) is 15.3. The predicted molar refractivity (Wildman–Crippen MR) is 103 cm³/mol. The molecule has 0 amide bonds. The Morgan fingerprint density at radius 1 is 1.30 bits per heavy atom.